The number of hydrogen-bond donors (Lipinski definition) is 0. The molecule has 2 amide bonds. The first kappa shape index (κ1) is 26.5. The highest BCUT2D eigenvalue weighted by Crippen LogP contribution is 2.37. The predicted octanol–water partition coefficient (Wildman–Crippen LogP) is 4.18. The molecule has 1 saturated heterocycles. The number of aromatic nitrogens is 2. The number of amides is 2. The number of nitriles is 1. The van der Waals surface area contributed by atoms with Crippen LogP contribution in [-0.4, -0.2) is 51.3 Å². The van der Waals surface area contributed by atoms with Crippen LogP contribution in [0.5, 0.6) is 0 Å². The van der Waals surface area contributed by atoms with Crippen LogP contribution in [0.2, 0.25) is 0 Å². The molecule has 3 rings (SSSR count). The van der Waals surface area contributed by atoms with Crippen LogP contribution in [0.3, 0.4) is 0 Å². The van der Waals surface area contributed by atoms with Gasteiger partial charge in [-0.2, -0.15) is 10.2 Å². The zero-order valence-corrected chi connectivity index (χ0v) is 22.0. The third-order valence-electron chi connectivity index (χ3n) is 5.65. The van der Waals surface area contributed by atoms with E-state index in [1.165, 1.54) is 4.52 Å². The van der Waals surface area contributed by atoms with Crippen LogP contribution < -0.4 is 10.4 Å². The maximum Gasteiger partial charge on any atom is 0.497 e. The molecule has 0 saturated carbocycles. The highest BCUT2D eigenvalue weighted by molar-refractivity contribution is 6.64. The summed E-state index contributed by atoms with van der Waals surface area (Å²) in [5.41, 5.74) is -2.17. The summed E-state index contributed by atoms with van der Waals surface area (Å²) in [5, 5.41) is 14.5. The fraction of sp³-hybridized carbons (Fsp3) is 0.583. The Bertz CT molecular complexity index is 1160. The Hall–Kier alpha value is -3.10. The standard InChI is InChI=1S/C24H33BN4O6/c1-21(2,3)32-19(30)29(20(31)33-22(4,5)6)18-15(14-26)17-16(12-11-13-28(17)27-18)25-34-23(7,8)24(9,10)35-25/h11-13H,1-10H3. The topological polar surface area (TPSA) is 115 Å². The molecule has 11 heteroatoms. The zero-order chi connectivity index (χ0) is 26.6. The van der Waals surface area contributed by atoms with Crippen LogP contribution in [0.4, 0.5) is 15.4 Å². The Balaban J connectivity index is 2.19. The van der Waals surface area contributed by atoms with Crippen molar-refractivity contribution in [3.8, 4) is 6.07 Å². The smallest absolute Gasteiger partial charge is 0.443 e. The summed E-state index contributed by atoms with van der Waals surface area (Å²) in [6, 6.07) is 5.57. The first-order valence-electron chi connectivity index (χ1n) is 11.4. The van der Waals surface area contributed by atoms with E-state index in [0.717, 1.165) is 0 Å². The van der Waals surface area contributed by atoms with Gasteiger partial charge in [-0.25, -0.2) is 14.1 Å². The highest BCUT2D eigenvalue weighted by atomic mass is 16.7. The van der Waals surface area contributed by atoms with Crippen molar-refractivity contribution in [2.75, 3.05) is 4.90 Å². The number of rotatable bonds is 2. The van der Waals surface area contributed by atoms with Crippen LogP contribution in [0.25, 0.3) is 5.52 Å². The van der Waals surface area contributed by atoms with Gasteiger partial charge in [0.1, 0.15) is 22.8 Å². The largest absolute Gasteiger partial charge is 0.497 e. The SMILES string of the molecule is CC(C)(C)OC(=O)N(C(=O)OC(C)(C)C)c1nn2cccc(B3OC(C)(C)C(C)(C)O3)c2c1C#N. The number of nitrogens with zero attached hydrogens (tertiary/aromatic N) is 4. The molecular weight excluding hydrogens is 451 g/mol. The third-order valence-corrected chi connectivity index (χ3v) is 5.65. The normalized spacial score (nSPS) is 17.2. The fourth-order valence-electron chi connectivity index (χ4n) is 3.40. The van der Waals surface area contributed by atoms with Crippen LogP contribution in [0, 0.1) is 11.3 Å². The molecule has 2 aromatic heterocycles. The lowest BCUT2D eigenvalue weighted by Gasteiger charge is -2.32. The molecule has 0 radical (unpaired) electrons. The molecule has 1 fully saturated rings. The quantitative estimate of drug-likeness (QED) is 0.583. The first-order valence-corrected chi connectivity index (χ1v) is 11.4. The molecular formula is C24H33BN4O6. The van der Waals surface area contributed by atoms with Gasteiger partial charge in [-0.1, -0.05) is 6.07 Å². The van der Waals surface area contributed by atoms with Gasteiger partial charge in [0.2, 0.25) is 0 Å². The number of pyridine rings is 1. The maximum absolute atomic E-state index is 13.1. The number of carbonyl (C=O) groups is 2. The number of imide groups is 1. The van der Waals surface area contributed by atoms with E-state index < -0.39 is 41.7 Å². The number of carbonyl (C=O) groups excluding carboxylic acids is 2. The minimum absolute atomic E-state index is 0.0213. The number of hydrogen-bond acceptors (Lipinski definition) is 8. The van der Waals surface area contributed by atoms with Gasteiger partial charge in [0.25, 0.3) is 0 Å². The van der Waals surface area contributed by atoms with E-state index in [2.05, 4.69) is 11.2 Å². The maximum atomic E-state index is 13.1. The molecule has 35 heavy (non-hydrogen) atoms. The van der Waals surface area contributed by atoms with Crippen LogP contribution in [0.1, 0.15) is 74.8 Å². The van der Waals surface area contributed by atoms with Crippen LogP contribution in [0.15, 0.2) is 18.3 Å². The van der Waals surface area contributed by atoms with E-state index in [1.54, 1.807) is 59.9 Å². The van der Waals surface area contributed by atoms with Crippen LogP contribution >= 0.6 is 0 Å². The van der Waals surface area contributed by atoms with Crippen molar-refractivity contribution in [1.82, 2.24) is 9.61 Å². The number of fused-ring (bicyclic) bond motifs is 1. The van der Waals surface area contributed by atoms with Gasteiger partial charge in [-0.3, -0.25) is 0 Å². The van der Waals surface area contributed by atoms with Crippen LogP contribution in [-0.2, 0) is 18.8 Å². The Labute approximate surface area is 206 Å². The van der Waals surface area contributed by atoms with Gasteiger partial charge in [-0.05, 0) is 75.3 Å². The molecule has 0 spiro atoms. The van der Waals surface area contributed by atoms with Crippen molar-refractivity contribution >= 4 is 36.1 Å². The number of ether oxygens (including phenoxy) is 2. The van der Waals surface area contributed by atoms with Gasteiger partial charge in [0.05, 0.1) is 16.7 Å². The molecule has 0 unspecified atom stereocenters. The minimum atomic E-state index is -1.01. The van der Waals surface area contributed by atoms with E-state index in [1.807, 2.05) is 27.7 Å². The van der Waals surface area contributed by atoms with Crippen molar-refractivity contribution < 1.29 is 28.4 Å². The third kappa shape index (κ3) is 5.28. The van der Waals surface area contributed by atoms with Gasteiger partial charge < -0.3 is 18.8 Å². The summed E-state index contributed by atoms with van der Waals surface area (Å²) in [5.74, 6) is -0.208. The van der Waals surface area contributed by atoms with E-state index in [9.17, 15) is 14.9 Å². The second kappa shape index (κ2) is 8.54. The van der Waals surface area contributed by atoms with Crippen molar-refractivity contribution in [2.24, 2.45) is 0 Å². The Kier molecular flexibility index (Phi) is 6.46. The summed E-state index contributed by atoms with van der Waals surface area (Å²) < 4.78 is 24.7. The Morgan fingerprint density at radius 3 is 1.94 bits per heavy atom. The summed E-state index contributed by atoms with van der Waals surface area (Å²) in [4.78, 5) is 26.9. The van der Waals surface area contributed by atoms with Gasteiger partial charge in [-0.15, -0.1) is 5.10 Å². The second-order valence-electron chi connectivity index (χ2n) is 11.5. The monoisotopic (exact) mass is 484 g/mol. The van der Waals surface area contributed by atoms with Crippen molar-refractivity contribution in [1.29, 1.82) is 5.26 Å². The molecule has 0 N–H and O–H groups in total. The molecule has 2 aromatic rings. The summed E-state index contributed by atoms with van der Waals surface area (Å²) in [7, 11) is -0.795. The Morgan fingerprint density at radius 2 is 1.51 bits per heavy atom. The molecule has 10 nitrogen and oxygen atoms in total. The molecule has 1 aliphatic rings. The second-order valence-corrected chi connectivity index (χ2v) is 11.5. The van der Waals surface area contributed by atoms with E-state index >= 15 is 0 Å². The Morgan fingerprint density at radius 1 is 1.03 bits per heavy atom. The lowest BCUT2D eigenvalue weighted by atomic mass is 9.78. The lowest BCUT2D eigenvalue weighted by molar-refractivity contribution is 0.00578. The zero-order valence-electron chi connectivity index (χ0n) is 22.0. The van der Waals surface area contributed by atoms with Crippen molar-refractivity contribution in [3.05, 3.63) is 23.9 Å². The van der Waals surface area contributed by atoms with Crippen molar-refractivity contribution in [3.63, 3.8) is 0 Å². The highest BCUT2D eigenvalue weighted by Gasteiger charge is 2.52. The van der Waals surface area contributed by atoms with Gasteiger partial charge in [0.15, 0.2) is 5.82 Å². The summed E-state index contributed by atoms with van der Waals surface area (Å²) >= 11 is 0. The molecule has 3 heterocycles. The van der Waals surface area contributed by atoms with Crippen molar-refractivity contribution in [2.45, 2.75) is 91.6 Å². The fourth-order valence-corrected chi connectivity index (χ4v) is 3.40. The molecule has 0 atom stereocenters. The number of anilines is 1. The minimum Gasteiger partial charge on any atom is -0.443 e. The summed E-state index contributed by atoms with van der Waals surface area (Å²) in [6.07, 6.45) is -0.413. The molecule has 0 aliphatic carbocycles. The molecule has 0 bridgehead atoms. The molecule has 0 aromatic carbocycles. The average Bonchev–Trinajstić information content (AvgIpc) is 3.11. The molecule has 188 valence electrons. The van der Waals surface area contributed by atoms with Gasteiger partial charge in [0, 0.05) is 11.7 Å². The van der Waals surface area contributed by atoms with E-state index in [0.29, 0.717) is 15.9 Å². The van der Waals surface area contributed by atoms with E-state index in [4.69, 9.17) is 18.8 Å². The predicted molar refractivity (Wildman–Crippen MR) is 131 cm³/mol. The lowest BCUT2D eigenvalue weighted by Crippen LogP contribution is -2.44. The summed E-state index contributed by atoms with van der Waals surface area (Å²) in [6.45, 7) is 17.7. The van der Waals surface area contributed by atoms with Gasteiger partial charge >= 0.3 is 19.3 Å². The van der Waals surface area contributed by atoms with E-state index in [-0.39, 0.29) is 11.4 Å². The molecule has 1 aliphatic heterocycles. The first-order chi connectivity index (χ1) is 15.9. The average molecular weight is 484 g/mol.